The van der Waals surface area contributed by atoms with Gasteiger partial charge in [0, 0.05) is 36.0 Å². The van der Waals surface area contributed by atoms with Crippen LogP contribution in [-0.2, 0) is 6.54 Å². The Bertz CT molecular complexity index is 1110. The average molecular weight is 415 g/mol. The lowest BCUT2D eigenvalue weighted by molar-refractivity contribution is 0.260. The molecule has 2 atom stereocenters. The highest BCUT2D eigenvalue weighted by Gasteiger charge is 2.27. The monoisotopic (exact) mass is 414 g/mol. The maximum absolute atomic E-state index is 4.92. The van der Waals surface area contributed by atoms with E-state index in [-0.39, 0.29) is 5.92 Å². The van der Waals surface area contributed by atoms with Crippen LogP contribution in [0.5, 0.6) is 0 Å². The number of nitrogens with one attached hydrogen (secondary N) is 2. The lowest BCUT2D eigenvalue weighted by Gasteiger charge is -2.21. The van der Waals surface area contributed by atoms with Gasteiger partial charge in [-0.1, -0.05) is 13.0 Å². The van der Waals surface area contributed by atoms with Crippen LogP contribution >= 0.6 is 0 Å². The van der Waals surface area contributed by atoms with Crippen LogP contribution in [0.2, 0.25) is 0 Å². The number of anilines is 1. The fourth-order valence-corrected chi connectivity index (χ4v) is 4.86. The predicted molar refractivity (Wildman–Crippen MR) is 126 cm³/mol. The standard InChI is InChI=1S/C25H30N6/c1-4-20-21-13-19(22-14-27-30-17(22)3)7-8-23(21)28-25(20)29-24-12-18(9-10-26-24)15-31-11-5-6-16(31)2/h7-10,12-14,16,20H,4-6,11,15H2,1-3H3,(H,27,30)(H,26,28,29)/t16-,20?/m0/s1. The molecular formula is C25H30N6. The molecule has 1 fully saturated rings. The molecule has 2 aromatic heterocycles. The molecule has 0 spiro atoms. The smallest absolute Gasteiger partial charge is 0.131 e. The second-order valence-corrected chi connectivity index (χ2v) is 8.78. The van der Waals surface area contributed by atoms with E-state index in [1.807, 2.05) is 12.4 Å². The van der Waals surface area contributed by atoms with Crippen molar-refractivity contribution in [2.45, 2.75) is 58.5 Å². The predicted octanol–water partition coefficient (Wildman–Crippen LogP) is 5.41. The molecule has 31 heavy (non-hydrogen) atoms. The average Bonchev–Trinajstić information content (AvgIpc) is 3.46. The van der Waals surface area contributed by atoms with E-state index in [1.165, 1.54) is 36.1 Å². The highest BCUT2D eigenvalue weighted by molar-refractivity contribution is 6.05. The third kappa shape index (κ3) is 3.88. The molecular weight excluding hydrogens is 384 g/mol. The first-order chi connectivity index (χ1) is 15.1. The van der Waals surface area contributed by atoms with E-state index in [0.29, 0.717) is 6.04 Å². The number of hydrogen-bond acceptors (Lipinski definition) is 5. The lowest BCUT2D eigenvalue weighted by atomic mass is 9.93. The number of nitrogens with zero attached hydrogens (tertiary/aromatic N) is 4. The summed E-state index contributed by atoms with van der Waals surface area (Å²) in [6.45, 7) is 8.76. The molecule has 0 amide bonds. The van der Waals surface area contributed by atoms with Crippen molar-refractivity contribution in [1.82, 2.24) is 20.1 Å². The van der Waals surface area contributed by atoms with Crippen LogP contribution < -0.4 is 5.32 Å². The molecule has 5 rings (SSSR count). The minimum absolute atomic E-state index is 0.242. The van der Waals surface area contributed by atoms with Gasteiger partial charge in [0.2, 0.25) is 0 Å². The molecule has 1 unspecified atom stereocenters. The van der Waals surface area contributed by atoms with E-state index >= 15 is 0 Å². The Kier molecular flexibility index (Phi) is 5.32. The molecule has 1 aromatic carbocycles. The molecule has 4 heterocycles. The van der Waals surface area contributed by atoms with Gasteiger partial charge in [0.15, 0.2) is 0 Å². The van der Waals surface area contributed by atoms with E-state index < -0.39 is 0 Å². The molecule has 2 N–H and O–H groups in total. The van der Waals surface area contributed by atoms with Crippen LogP contribution in [-0.4, -0.2) is 38.5 Å². The molecule has 0 radical (unpaired) electrons. The van der Waals surface area contributed by atoms with Crippen molar-refractivity contribution in [3.63, 3.8) is 0 Å². The Morgan fingerprint density at radius 1 is 1.23 bits per heavy atom. The fourth-order valence-electron chi connectivity index (χ4n) is 4.86. The van der Waals surface area contributed by atoms with Crippen LogP contribution in [0.25, 0.3) is 11.1 Å². The van der Waals surface area contributed by atoms with E-state index in [4.69, 9.17) is 4.99 Å². The highest BCUT2D eigenvalue weighted by atomic mass is 15.2. The van der Waals surface area contributed by atoms with Gasteiger partial charge in [0.05, 0.1) is 11.9 Å². The van der Waals surface area contributed by atoms with Crippen LogP contribution in [0.15, 0.2) is 47.7 Å². The normalized spacial score (nSPS) is 20.7. The Morgan fingerprint density at radius 3 is 2.87 bits per heavy atom. The summed E-state index contributed by atoms with van der Waals surface area (Å²) in [7, 11) is 0. The molecule has 2 aliphatic heterocycles. The first-order valence-electron chi connectivity index (χ1n) is 11.3. The number of pyridine rings is 1. The quantitative estimate of drug-likeness (QED) is 0.585. The van der Waals surface area contributed by atoms with E-state index in [2.05, 4.69) is 76.5 Å². The summed E-state index contributed by atoms with van der Waals surface area (Å²) in [6, 6.07) is 11.5. The van der Waals surface area contributed by atoms with E-state index in [0.717, 1.165) is 41.6 Å². The van der Waals surface area contributed by atoms with Gasteiger partial charge in [-0.15, -0.1) is 0 Å². The third-order valence-electron chi connectivity index (χ3n) is 6.68. The number of amidine groups is 1. The van der Waals surface area contributed by atoms with Crippen molar-refractivity contribution in [1.29, 1.82) is 0 Å². The molecule has 0 bridgehead atoms. The summed E-state index contributed by atoms with van der Waals surface area (Å²) in [5.74, 6) is 2.10. The Balaban J connectivity index is 1.36. The minimum atomic E-state index is 0.242. The second-order valence-electron chi connectivity index (χ2n) is 8.78. The lowest BCUT2D eigenvalue weighted by Crippen LogP contribution is -2.26. The summed E-state index contributed by atoms with van der Waals surface area (Å²) in [5, 5.41) is 10.7. The van der Waals surface area contributed by atoms with Crippen LogP contribution in [0.1, 0.15) is 55.8 Å². The minimum Gasteiger partial charge on any atom is -0.328 e. The topological polar surface area (TPSA) is 69.2 Å². The SMILES string of the molecule is CCC1C(Nc2cc(CN3CCC[C@@H]3C)ccn2)=Nc2ccc(-c3cn[nH]c3C)cc21. The third-order valence-corrected chi connectivity index (χ3v) is 6.68. The summed E-state index contributed by atoms with van der Waals surface area (Å²) in [4.78, 5) is 12.0. The molecule has 160 valence electrons. The van der Waals surface area contributed by atoms with E-state index in [1.54, 1.807) is 0 Å². The maximum Gasteiger partial charge on any atom is 0.131 e. The Morgan fingerprint density at radius 2 is 2.13 bits per heavy atom. The largest absolute Gasteiger partial charge is 0.328 e. The summed E-state index contributed by atoms with van der Waals surface area (Å²) >= 11 is 0. The number of aromatic nitrogens is 3. The first-order valence-corrected chi connectivity index (χ1v) is 11.3. The van der Waals surface area contributed by atoms with Gasteiger partial charge in [-0.05, 0) is 80.6 Å². The number of H-pyrrole nitrogens is 1. The van der Waals surface area contributed by atoms with Gasteiger partial charge in [-0.3, -0.25) is 10.00 Å². The second kappa shape index (κ2) is 8.27. The molecule has 3 aromatic rings. The highest BCUT2D eigenvalue weighted by Crippen LogP contribution is 2.40. The Hall–Kier alpha value is -2.99. The van der Waals surface area contributed by atoms with Gasteiger partial charge < -0.3 is 5.32 Å². The molecule has 1 saturated heterocycles. The van der Waals surface area contributed by atoms with Crippen molar-refractivity contribution in [3.8, 4) is 11.1 Å². The maximum atomic E-state index is 4.92. The van der Waals surface area contributed by atoms with Gasteiger partial charge in [0.1, 0.15) is 11.7 Å². The van der Waals surface area contributed by atoms with Gasteiger partial charge in [-0.2, -0.15) is 5.10 Å². The molecule has 2 aliphatic rings. The number of aryl methyl sites for hydroxylation is 1. The van der Waals surface area contributed by atoms with Gasteiger partial charge in [-0.25, -0.2) is 9.98 Å². The molecule has 6 heteroatoms. The van der Waals surface area contributed by atoms with Crippen LogP contribution in [0.3, 0.4) is 0 Å². The number of hydrogen-bond donors (Lipinski definition) is 2. The van der Waals surface area contributed by atoms with Crippen molar-refractivity contribution in [2.75, 3.05) is 11.9 Å². The Labute approximate surface area is 183 Å². The fraction of sp³-hybridized carbons (Fsp3) is 0.400. The number of rotatable bonds is 5. The zero-order chi connectivity index (χ0) is 21.4. The number of benzene rings is 1. The van der Waals surface area contributed by atoms with Crippen molar-refractivity contribution in [3.05, 3.63) is 59.5 Å². The van der Waals surface area contributed by atoms with Crippen molar-refractivity contribution < 1.29 is 0 Å². The van der Waals surface area contributed by atoms with Crippen molar-refractivity contribution in [2.24, 2.45) is 4.99 Å². The van der Waals surface area contributed by atoms with E-state index in [9.17, 15) is 0 Å². The summed E-state index contributed by atoms with van der Waals surface area (Å²) in [5.41, 5.74) is 7.02. The number of aliphatic imine (C=N–C) groups is 1. The zero-order valence-electron chi connectivity index (χ0n) is 18.5. The number of likely N-dealkylation sites (tertiary alicyclic amines) is 1. The van der Waals surface area contributed by atoms with Crippen LogP contribution in [0, 0.1) is 6.92 Å². The van der Waals surface area contributed by atoms with Gasteiger partial charge >= 0.3 is 0 Å². The molecule has 6 nitrogen and oxygen atoms in total. The summed E-state index contributed by atoms with van der Waals surface area (Å²) in [6.07, 6.45) is 7.37. The molecule has 0 aliphatic carbocycles. The summed E-state index contributed by atoms with van der Waals surface area (Å²) < 4.78 is 0. The zero-order valence-corrected chi connectivity index (χ0v) is 18.5. The number of fused-ring (bicyclic) bond motifs is 1. The molecule has 0 saturated carbocycles. The number of aromatic amines is 1. The first kappa shape index (κ1) is 19.9. The van der Waals surface area contributed by atoms with Crippen LogP contribution in [0.4, 0.5) is 11.5 Å². The van der Waals surface area contributed by atoms with Crippen molar-refractivity contribution >= 4 is 17.3 Å². The van der Waals surface area contributed by atoms with Gasteiger partial charge in [0.25, 0.3) is 0 Å².